The van der Waals surface area contributed by atoms with Crippen molar-refractivity contribution in [2.75, 3.05) is 15.8 Å². The van der Waals surface area contributed by atoms with Gasteiger partial charge in [-0.2, -0.15) is 0 Å². The average Bonchev–Trinajstić information content (AvgIpc) is 2.50. The van der Waals surface area contributed by atoms with E-state index in [0.29, 0.717) is 22.0 Å². The maximum Gasteiger partial charge on any atom is 0.255 e. The summed E-state index contributed by atoms with van der Waals surface area (Å²) in [5, 5.41) is 3.32. The molecule has 0 spiro atoms. The summed E-state index contributed by atoms with van der Waals surface area (Å²) in [7, 11) is -3.32. The largest absolute Gasteiger partial charge is 0.322 e. The molecular weight excluding hydrogens is 324 g/mol. The third kappa shape index (κ3) is 4.47. The van der Waals surface area contributed by atoms with Crippen molar-refractivity contribution >= 4 is 38.9 Å². The maximum absolute atomic E-state index is 12.1. The highest BCUT2D eigenvalue weighted by molar-refractivity contribution is 7.92. The van der Waals surface area contributed by atoms with Crippen LogP contribution >= 0.6 is 11.6 Å². The quantitative estimate of drug-likeness (QED) is 0.877. The number of hydrogen-bond donors (Lipinski definition) is 2. The number of benzene rings is 2. The van der Waals surface area contributed by atoms with Gasteiger partial charge in [0, 0.05) is 22.0 Å². The maximum atomic E-state index is 12.1. The molecule has 116 valence electrons. The number of nitrogens with one attached hydrogen (secondary N) is 2. The number of hydrogen-bond acceptors (Lipinski definition) is 3. The molecule has 2 aromatic carbocycles. The molecule has 0 aliphatic heterocycles. The van der Waals surface area contributed by atoms with Gasteiger partial charge in [0.05, 0.1) is 5.75 Å². The first-order valence-corrected chi connectivity index (χ1v) is 8.60. The second kappa shape index (κ2) is 6.81. The van der Waals surface area contributed by atoms with Gasteiger partial charge in [0.15, 0.2) is 0 Å². The van der Waals surface area contributed by atoms with Gasteiger partial charge in [-0.3, -0.25) is 9.52 Å². The van der Waals surface area contributed by atoms with Crippen molar-refractivity contribution in [3.8, 4) is 0 Å². The Labute approximate surface area is 134 Å². The molecular formula is C15H15ClN2O3S. The van der Waals surface area contributed by atoms with Gasteiger partial charge in [-0.25, -0.2) is 8.42 Å². The summed E-state index contributed by atoms with van der Waals surface area (Å²) in [5.41, 5.74) is 1.48. The Morgan fingerprint density at radius 1 is 1.00 bits per heavy atom. The Morgan fingerprint density at radius 2 is 1.55 bits per heavy atom. The van der Waals surface area contributed by atoms with Gasteiger partial charge in [-0.15, -0.1) is 0 Å². The van der Waals surface area contributed by atoms with E-state index in [1.807, 2.05) is 0 Å². The van der Waals surface area contributed by atoms with E-state index < -0.39 is 10.0 Å². The lowest BCUT2D eigenvalue weighted by molar-refractivity contribution is 0.102. The first-order valence-electron chi connectivity index (χ1n) is 6.57. The molecule has 22 heavy (non-hydrogen) atoms. The van der Waals surface area contributed by atoms with Crippen molar-refractivity contribution in [1.29, 1.82) is 0 Å². The highest BCUT2D eigenvalue weighted by Crippen LogP contribution is 2.16. The molecule has 0 saturated carbocycles. The van der Waals surface area contributed by atoms with Crippen LogP contribution in [0.3, 0.4) is 0 Å². The van der Waals surface area contributed by atoms with Crippen LogP contribution in [0.4, 0.5) is 11.4 Å². The zero-order valence-electron chi connectivity index (χ0n) is 11.8. The van der Waals surface area contributed by atoms with Crippen molar-refractivity contribution in [2.24, 2.45) is 0 Å². The van der Waals surface area contributed by atoms with E-state index in [9.17, 15) is 13.2 Å². The first-order chi connectivity index (χ1) is 10.4. The molecule has 0 aromatic heterocycles. The zero-order chi connectivity index (χ0) is 16.2. The van der Waals surface area contributed by atoms with Crippen LogP contribution in [0.25, 0.3) is 0 Å². The van der Waals surface area contributed by atoms with Crippen molar-refractivity contribution in [1.82, 2.24) is 0 Å². The number of rotatable bonds is 5. The summed E-state index contributed by atoms with van der Waals surface area (Å²) in [6.07, 6.45) is 0. The summed E-state index contributed by atoms with van der Waals surface area (Å²) in [6.45, 7) is 1.55. The van der Waals surface area contributed by atoms with Gasteiger partial charge >= 0.3 is 0 Å². The van der Waals surface area contributed by atoms with Crippen molar-refractivity contribution in [2.45, 2.75) is 6.92 Å². The Hall–Kier alpha value is -2.05. The molecule has 7 heteroatoms. The van der Waals surface area contributed by atoms with Crippen molar-refractivity contribution in [3.63, 3.8) is 0 Å². The number of halogens is 1. The number of anilines is 2. The summed E-state index contributed by atoms with van der Waals surface area (Å²) >= 11 is 5.78. The lowest BCUT2D eigenvalue weighted by Gasteiger charge is -2.08. The van der Waals surface area contributed by atoms with E-state index in [2.05, 4.69) is 10.0 Å². The van der Waals surface area contributed by atoms with Crippen LogP contribution in [0, 0.1) is 0 Å². The molecule has 2 N–H and O–H groups in total. The minimum atomic E-state index is -3.32. The molecule has 0 radical (unpaired) electrons. The van der Waals surface area contributed by atoms with E-state index in [1.54, 1.807) is 55.5 Å². The monoisotopic (exact) mass is 338 g/mol. The van der Waals surface area contributed by atoms with Crippen LogP contribution in [0.5, 0.6) is 0 Å². The SMILES string of the molecule is CCS(=O)(=O)Nc1ccc(C(=O)Nc2ccc(Cl)cc2)cc1. The molecule has 5 nitrogen and oxygen atoms in total. The second-order valence-electron chi connectivity index (χ2n) is 4.54. The molecule has 2 aromatic rings. The Morgan fingerprint density at radius 3 is 2.09 bits per heavy atom. The normalized spacial score (nSPS) is 11.0. The molecule has 0 bridgehead atoms. The lowest BCUT2D eigenvalue weighted by atomic mass is 10.2. The van der Waals surface area contributed by atoms with Crippen LogP contribution in [0.1, 0.15) is 17.3 Å². The van der Waals surface area contributed by atoms with Crippen LogP contribution in [-0.4, -0.2) is 20.1 Å². The zero-order valence-corrected chi connectivity index (χ0v) is 13.4. The van der Waals surface area contributed by atoms with E-state index in [-0.39, 0.29) is 11.7 Å². The number of sulfonamides is 1. The number of carbonyl (C=O) groups excluding carboxylic acids is 1. The molecule has 1 amide bonds. The lowest BCUT2D eigenvalue weighted by Crippen LogP contribution is -2.15. The highest BCUT2D eigenvalue weighted by atomic mass is 35.5. The minimum Gasteiger partial charge on any atom is -0.322 e. The van der Waals surface area contributed by atoms with Gasteiger partial charge in [0.25, 0.3) is 5.91 Å². The van der Waals surface area contributed by atoms with Gasteiger partial charge in [0.2, 0.25) is 10.0 Å². The molecule has 0 saturated heterocycles. The molecule has 0 aliphatic rings. The Balaban J connectivity index is 2.06. The predicted octanol–water partition coefficient (Wildman–Crippen LogP) is 3.35. The fourth-order valence-electron chi connectivity index (χ4n) is 1.68. The molecule has 0 fully saturated rings. The molecule has 0 unspecified atom stereocenters. The first kappa shape index (κ1) is 16.3. The van der Waals surface area contributed by atoms with Crippen LogP contribution < -0.4 is 10.0 Å². The molecule has 0 aliphatic carbocycles. The van der Waals surface area contributed by atoms with E-state index in [1.165, 1.54) is 0 Å². The third-order valence-electron chi connectivity index (χ3n) is 2.90. The van der Waals surface area contributed by atoms with E-state index >= 15 is 0 Å². The van der Waals surface area contributed by atoms with E-state index in [0.717, 1.165) is 0 Å². The molecule has 2 rings (SSSR count). The van der Waals surface area contributed by atoms with Gasteiger partial charge < -0.3 is 5.32 Å². The summed E-state index contributed by atoms with van der Waals surface area (Å²) < 4.78 is 25.3. The standard InChI is InChI=1S/C15H15ClN2O3S/c1-2-22(20,21)18-14-7-3-11(4-8-14)15(19)17-13-9-5-12(16)6-10-13/h3-10,18H,2H2,1H3,(H,17,19). The average molecular weight is 339 g/mol. The Kier molecular flexibility index (Phi) is 5.05. The summed E-state index contributed by atoms with van der Waals surface area (Å²) in [4.78, 5) is 12.1. The molecule has 0 heterocycles. The number of amides is 1. The van der Waals surface area contributed by atoms with Gasteiger partial charge in [-0.05, 0) is 55.5 Å². The fraction of sp³-hybridized carbons (Fsp3) is 0.133. The topological polar surface area (TPSA) is 75.3 Å². The van der Waals surface area contributed by atoms with Crippen molar-refractivity contribution in [3.05, 3.63) is 59.1 Å². The van der Waals surface area contributed by atoms with Gasteiger partial charge in [-0.1, -0.05) is 11.6 Å². The van der Waals surface area contributed by atoms with Crippen molar-refractivity contribution < 1.29 is 13.2 Å². The second-order valence-corrected chi connectivity index (χ2v) is 6.99. The Bertz CT molecular complexity index is 756. The third-order valence-corrected chi connectivity index (χ3v) is 4.46. The van der Waals surface area contributed by atoms with Crippen LogP contribution in [0.2, 0.25) is 5.02 Å². The van der Waals surface area contributed by atoms with E-state index in [4.69, 9.17) is 11.6 Å². The van der Waals surface area contributed by atoms with Crippen LogP contribution in [0.15, 0.2) is 48.5 Å². The smallest absolute Gasteiger partial charge is 0.255 e. The van der Waals surface area contributed by atoms with Crippen LogP contribution in [-0.2, 0) is 10.0 Å². The highest BCUT2D eigenvalue weighted by Gasteiger charge is 2.09. The summed E-state index contributed by atoms with van der Waals surface area (Å²) in [5.74, 6) is -0.293. The minimum absolute atomic E-state index is 0.00813. The molecule has 0 atom stereocenters. The number of carbonyl (C=O) groups is 1. The summed E-state index contributed by atoms with van der Waals surface area (Å²) in [6, 6.07) is 13.0. The fourth-order valence-corrected chi connectivity index (χ4v) is 2.44. The predicted molar refractivity (Wildman–Crippen MR) is 88.9 cm³/mol. The van der Waals surface area contributed by atoms with Gasteiger partial charge in [0.1, 0.15) is 0 Å².